The topological polar surface area (TPSA) is 26.7 Å². The van der Waals surface area contributed by atoms with Gasteiger partial charge >= 0.3 is 0 Å². The molecule has 1 heterocycles. The van der Waals surface area contributed by atoms with Gasteiger partial charge in [-0.2, -0.15) is 0 Å². The van der Waals surface area contributed by atoms with Crippen molar-refractivity contribution in [3.8, 4) is 0 Å². The normalized spacial score (nSPS) is 26.0. The zero-order valence-electron chi connectivity index (χ0n) is 14.3. The minimum Gasteiger partial charge on any atom is -0.396 e. The first-order chi connectivity index (χ1) is 10.2. The van der Waals surface area contributed by atoms with Gasteiger partial charge in [-0.25, -0.2) is 0 Å². The molecule has 0 aromatic rings. The number of aliphatic hydroxyl groups is 1. The fourth-order valence-electron chi connectivity index (χ4n) is 4.20. The molecule has 1 N–H and O–H groups in total. The van der Waals surface area contributed by atoms with Crippen molar-refractivity contribution in [2.75, 3.05) is 39.3 Å². The largest absolute Gasteiger partial charge is 0.396 e. The van der Waals surface area contributed by atoms with Gasteiger partial charge in [0.2, 0.25) is 0 Å². The molecule has 3 nitrogen and oxygen atoms in total. The summed E-state index contributed by atoms with van der Waals surface area (Å²) >= 11 is 0. The Balaban J connectivity index is 1.70. The molecule has 2 aliphatic rings. The van der Waals surface area contributed by atoms with Crippen LogP contribution in [0.25, 0.3) is 0 Å². The van der Waals surface area contributed by atoms with Crippen molar-refractivity contribution in [1.82, 2.24) is 9.80 Å². The molecule has 3 heteroatoms. The Morgan fingerprint density at radius 3 is 2.52 bits per heavy atom. The highest BCUT2D eigenvalue weighted by atomic mass is 16.3. The van der Waals surface area contributed by atoms with Gasteiger partial charge < -0.3 is 10.0 Å². The van der Waals surface area contributed by atoms with E-state index in [0.717, 1.165) is 24.8 Å². The van der Waals surface area contributed by atoms with Gasteiger partial charge in [0.25, 0.3) is 0 Å². The summed E-state index contributed by atoms with van der Waals surface area (Å²) in [6.45, 7) is 10.9. The van der Waals surface area contributed by atoms with Crippen LogP contribution in [0.4, 0.5) is 0 Å². The third-order valence-corrected chi connectivity index (χ3v) is 5.31. The second kappa shape index (κ2) is 9.12. The van der Waals surface area contributed by atoms with Crippen LogP contribution in [0, 0.1) is 11.8 Å². The number of piperazine rings is 1. The van der Waals surface area contributed by atoms with Crippen LogP contribution >= 0.6 is 0 Å². The molecule has 0 aromatic carbocycles. The molecule has 0 spiro atoms. The van der Waals surface area contributed by atoms with E-state index in [-0.39, 0.29) is 0 Å². The molecule has 1 saturated carbocycles. The lowest BCUT2D eigenvalue weighted by atomic mass is 10.0. The minimum absolute atomic E-state index is 0.329. The Morgan fingerprint density at radius 1 is 1.10 bits per heavy atom. The van der Waals surface area contributed by atoms with Gasteiger partial charge in [-0.15, -0.1) is 0 Å². The number of hydrogen-bond acceptors (Lipinski definition) is 3. The van der Waals surface area contributed by atoms with Gasteiger partial charge in [-0.1, -0.05) is 39.5 Å². The Hall–Kier alpha value is -0.120. The summed E-state index contributed by atoms with van der Waals surface area (Å²) in [5, 5.41) is 9.33. The average molecular weight is 296 g/mol. The predicted octanol–water partition coefficient (Wildman–Crippen LogP) is 2.98. The smallest absolute Gasteiger partial charge is 0.0446 e. The Labute approximate surface area is 131 Å². The lowest BCUT2D eigenvalue weighted by Gasteiger charge is -2.42. The highest BCUT2D eigenvalue weighted by molar-refractivity contribution is 4.82. The van der Waals surface area contributed by atoms with E-state index in [0.29, 0.717) is 12.6 Å². The third-order valence-electron chi connectivity index (χ3n) is 5.31. The van der Waals surface area contributed by atoms with Gasteiger partial charge in [0.05, 0.1) is 0 Å². The molecule has 0 bridgehead atoms. The molecule has 1 atom stereocenters. The molecular weight excluding hydrogens is 260 g/mol. The Morgan fingerprint density at radius 2 is 1.86 bits per heavy atom. The molecule has 124 valence electrons. The van der Waals surface area contributed by atoms with E-state index in [1.165, 1.54) is 64.7 Å². The molecule has 21 heavy (non-hydrogen) atoms. The highest BCUT2D eigenvalue weighted by Crippen LogP contribution is 2.28. The van der Waals surface area contributed by atoms with E-state index in [2.05, 4.69) is 23.6 Å². The van der Waals surface area contributed by atoms with Gasteiger partial charge in [0, 0.05) is 38.8 Å². The van der Waals surface area contributed by atoms with Crippen molar-refractivity contribution < 1.29 is 5.11 Å². The van der Waals surface area contributed by atoms with Crippen LogP contribution in [0.2, 0.25) is 0 Å². The zero-order chi connectivity index (χ0) is 15.1. The molecule has 1 saturated heterocycles. The van der Waals surface area contributed by atoms with Crippen molar-refractivity contribution in [3.63, 3.8) is 0 Å². The number of aliphatic hydroxyl groups excluding tert-OH is 1. The molecule has 0 aromatic heterocycles. The predicted molar refractivity (Wildman–Crippen MR) is 89.5 cm³/mol. The fourth-order valence-corrected chi connectivity index (χ4v) is 4.20. The van der Waals surface area contributed by atoms with Crippen LogP contribution in [0.15, 0.2) is 0 Å². The molecule has 0 amide bonds. The second-order valence-corrected chi connectivity index (χ2v) is 7.65. The lowest BCUT2D eigenvalue weighted by molar-refractivity contribution is 0.0501. The van der Waals surface area contributed by atoms with Crippen molar-refractivity contribution in [1.29, 1.82) is 0 Å². The maximum atomic E-state index is 9.33. The van der Waals surface area contributed by atoms with Crippen LogP contribution in [-0.4, -0.2) is 60.3 Å². The summed E-state index contributed by atoms with van der Waals surface area (Å²) in [5.41, 5.74) is 0. The number of nitrogens with zero attached hydrogens (tertiary/aromatic N) is 2. The maximum Gasteiger partial charge on any atom is 0.0446 e. The third kappa shape index (κ3) is 5.88. The van der Waals surface area contributed by atoms with Crippen LogP contribution in [0.5, 0.6) is 0 Å². The molecule has 1 unspecified atom stereocenters. The van der Waals surface area contributed by atoms with E-state index >= 15 is 0 Å². The van der Waals surface area contributed by atoms with Gasteiger partial charge in [-0.3, -0.25) is 4.90 Å². The summed E-state index contributed by atoms with van der Waals surface area (Å²) in [7, 11) is 0. The summed E-state index contributed by atoms with van der Waals surface area (Å²) in [5.74, 6) is 1.75. The van der Waals surface area contributed by atoms with Gasteiger partial charge in [0.15, 0.2) is 0 Å². The molecule has 2 rings (SSSR count). The number of rotatable bonds is 8. The minimum atomic E-state index is 0.329. The van der Waals surface area contributed by atoms with Gasteiger partial charge in [-0.05, 0) is 37.6 Å². The number of hydrogen-bond donors (Lipinski definition) is 1. The maximum absolute atomic E-state index is 9.33. The Bertz CT molecular complexity index is 276. The monoisotopic (exact) mass is 296 g/mol. The summed E-state index contributed by atoms with van der Waals surface area (Å²) < 4.78 is 0. The molecule has 1 aliphatic carbocycles. The zero-order valence-corrected chi connectivity index (χ0v) is 14.3. The first-order valence-electron chi connectivity index (χ1n) is 9.26. The van der Waals surface area contributed by atoms with E-state index in [9.17, 15) is 5.11 Å². The first-order valence-corrected chi connectivity index (χ1v) is 9.26. The Kier molecular flexibility index (Phi) is 7.48. The van der Waals surface area contributed by atoms with Crippen LogP contribution in [0.3, 0.4) is 0 Å². The molecule has 0 radical (unpaired) electrons. The summed E-state index contributed by atoms with van der Waals surface area (Å²) in [6, 6.07) is 0.567. The van der Waals surface area contributed by atoms with Crippen LogP contribution in [0.1, 0.15) is 58.8 Å². The van der Waals surface area contributed by atoms with E-state index in [1.807, 2.05) is 0 Å². The standard InChI is InChI=1S/C18H36N2O/c1-16(2)14-20-12-11-19(15-18(20)9-13-21)10-5-8-17-6-3-4-7-17/h16-18,21H,3-15H2,1-2H3. The van der Waals surface area contributed by atoms with Crippen molar-refractivity contribution in [2.45, 2.75) is 64.8 Å². The second-order valence-electron chi connectivity index (χ2n) is 7.65. The average Bonchev–Trinajstić information content (AvgIpc) is 2.94. The van der Waals surface area contributed by atoms with E-state index in [4.69, 9.17) is 0 Å². The van der Waals surface area contributed by atoms with E-state index in [1.54, 1.807) is 0 Å². The van der Waals surface area contributed by atoms with E-state index < -0.39 is 0 Å². The van der Waals surface area contributed by atoms with Crippen LogP contribution < -0.4 is 0 Å². The first kappa shape index (κ1) is 17.2. The quantitative estimate of drug-likeness (QED) is 0.746. The molecule has 1 aliphatic heterocycles. The molecular formula is C18H36N2O. The molecule has 2 fully saturated rings. The lowest BCUT2D eigenvalue weighted by Crippen LogP contribution is -2.54. The van der Waals surface area contributed by atoms with Crippen molar-refractivity contribution in [3.05, 3.63) is 0 Å². The van der Waals surface area contributed by atoms with Gasteiger partial charge in [0.1, 0.15) is 0 Å². The fraction of sp³-hybridized carbons (Fsp3) is 1.00. The van der Waals surface area contributed by atoms with Crippen LogP contribution in [-0.2, 0) is 0 Å². The summed E-state index contributed by atoms with van der Waals surface area (Å²) in [4.78, 5) is 5.25. The van der Waals surface area contributed by atoms with Crippen molar-refractivity contribution >= 4 is 0 Å². The van der Waals surface area contributed by atoms with Crippen molar-refractivity contribution in [2.24, 2.45) is 11.8 Å². The summed E-state index contributed by atoms with van der Waals surface area (Å²) in [6.07, 6.45) is 9.66. The highest BCUT2D eigenvalue weighted by Gasteiger charge is 2.26. The SMILES string of the molecule is CC(C)CN1CCN(CCCC2CCCC2)CC1CCO.